The Morgan fingerprint density at radius 2 is 1.94 bits per heavy atom. The van der Waals surface area contributed by atoms with Gasteiger partial charge in [-0.05, 0) is 30.2 Å². The van der Waals surface area contributed by atoms with Gasteiger partial charge in [0.05, 0.1) is 23.2 Å². The van der Waals surface area contributed by atoms with E-state index in [1.54, 1.807) is 16.7 Å². The molecule has 0 amide bonds. The van der Waals surface area contributed by atoms with Gasteiger partial charge in [-0.2, -0.15) is 5.26 Å². The number of aromatic nitrogens is 4. The quantitative estimate of drug-likeness (QED) is 0.427. The fourth-order valence-electron chi connectivity index (χ4n) is 3.63. The molecule has 0 aliphatic rings. The van der Waals surface area contributed by atoms with Crippen LogP contribution in [0.5, 0.6) is 5.75 Å². The third-order valence-corrected chi connectivity index (χ3v) is 5.60. The lowest BCUT2D eigenvalue weighted by Crippen LogP contribution is -2.31. The first kappa shape index (κ1) is 22.4. The number of nitrogens with one attached hydrogen (secondary N) is 1. The first-order valence-corrected chi connectivity index (χ1v) is 11.0. The van der Waals surface area contributed by atoms with E-state index in [0.29, 0.717) is 39.9 Å². The first-order valence-electron chi connectivity index (χ1n) is 10.6. The molecule has 0 atom stereocenters. The van der Waals surface area contributed by atoms with Crippen LogP contribution in [-0.2, 0) is 19.7 Å². The summed E-state index contributed by atoms with van der Waals surface area (Å²) in [5.41, 5.74) is 0.999. The molecule has 0 aliphatic carbocycles. The summed E-state index contributed by atoms with van der Waals surface area (Å²) in [6.07, 6.45) is 1.75. The Hall–Kier alpha value is -3.83. The van der Waals surface area contributed by atoms with E-state index in [0.717, 1.165) is 18.4 Å². The molecule has 9 heteroatoms. The third-order valence-electron chi connectivity index (χ3n) is 5.30. The van der Waals surface area contributed by atoms with E-state index in [9.17, 15) is 9.59 Å². The highest BCUT2D eigenvalue weighted by molar-refractivity contribution is 6.32. The molecule has 4 aromatic rings. The van der Waals surface area contributed by atoms with Crippen LogP contribution in [-0.4, -0.2) is 19.1 Å². The van der Waals surface area contributed by atoms with E-state index < -0.39 is 11.2 Å². The summed E-state index contributed by atoms with van der Waals surface area (Å²) in [4.78, 5) is 32.5. The molecule has 0 aliphatic heterocycles. The van der Waals surface area contributed by atoms with Crippen molar-refractivity contribution < 1.29 is 4.74 Å². The van der Waals surface area contributed by atoms with Gasteiger partial charge in [-0.3, -0.25) is 14.3 Å². The maximum atomic E-state index is 12.8. The minimum Gasteiger partial charge on any atom is -0.484 e. The zero-order valence-electron chi connectivity index (χ0n) is 18.0. The van der Waals surface area contributed by atoms with Crippen molar-refractivity contribution in [3.05, 3.63) is 91.3 Å². The zero-order chi connectivity index (χ0) is 23.4. The van der Waals surface area contributed by atoms with Gasteiger partial charge < -0.3 is 9.30 Å². The van der Waals surface area contributed by atoms with E-state index in [2.05, 4.69) is 16.9 Å². The van der Waals surface area contributed by atoms with Gasteiger partial charge in [0, 0.05) is 6.54 Å². The first-order chi connectivity index (χ1) is 16.0. The van der Waals surface area contributed by atoms with Crippen molar-refractivity contribution >= 4 is 22.8 Å². The summed E-state index contributed by atoms with van der Waals surface area (Å²) < 4.78 is 9.14. The highest BCUT2D eigenvalue weighted by atomic mass is 35.5. The zero-order valence-corrected chi connectivity index (χ0v) is 18.8. The molecule has 4 rings (SSSR count). The molecule has 0 saturated heterocycles. The number of ether oxygens (including phenoxy) is 1. The fourth-order valence-corrected chi connectivity index (χ4v) is 3.86. The number of aromatic amines is 1. The van der Waals surface area contributed by atoms with Crippen LogP contribution in [0, 0.1) is 11.3 Å². The number of imidazole rings is 1. The van der Waals surface area contributed by atoms with E-state index in [-0.39, 0.29) is 13.2 Å². The van der Waals surface area contributed by atoms with Crippen molar-refractivity contribution in [3.63, 3.8) is 0 Å². The van der Waals surface area contributed by atoms with Crippen molar-refractivity contribution in [2.75, 3.05) is 0 Å². The number of unbranched alkanes of at least 4 members (excludes halogenated alkanes) is 1. The SMILES string of the molecule is CCCCn1c(COc2ccc(C#N)cc2Cl)nc2c1c(=O)[nH]c(=O)n2Cc1ccccc1. The van der Waals surface area contributed by atoms with Crippen LogP contribution in [0.1, 0.15) is 36.7 Å². The number of hydrogen-bond acceptors (Lipinski definition) is 5. The van der Waals surface area contributed by atoms with Crippen molar-refractivity contribution in [2.24, 2.45) is 0 Å². The maximum absolute atomic E-state index is 12.8. The number of halogens is 1. The normalized spacial score (nSPS) is 10.9. The summed E-state index contributed by atoms with van der Waals surface area (Å²) in [5.74, 6) is 0.914. The number of nitrogens with zero attached hydrogens (tertiary/aromatic N) is 4. The van der Waals surface area contributed by atoms with Gasteiger partial charge in [0.25, 0.3) is 5.56 Å². The maximum Gasteiger partial charge on any atom is 0.330 e. The summed E-state index contributed by atoms with van der Waals surface area (Å²) in [6, 6.07) is 16.3. The summed E-state index contributed by atoms with van der Waals surface area (Å²) in [5, 5.41) is 9.33. The molecule has 0 bridgehead atoms. The lowest BCUT2D eigenvalue weighted by atomic mass is 10.2. The molecule has 1 N–H and O–H groups in total. The molecule has 0 saturated carbocycles. The fraction of sp³-hybridized carbons (Fsp3) is 0.250. The standard InChI is InChI=1S/C24H22ClN5O3/c1-2-3-11-29-20(15-33-19-10-9-17(13-26)12-18(19)25)27-22-21(29)23(31)28-24(32)30(22)14-16-7-5-4-6-8-16/h4-10,12H,2-3,11,14-15H2,1H3,(H,28,31,32). The van der Waals surface area contributed by atoms with Gasteiger partial charge in [-0.25, -0.2) is 9.78 Å². The summed E-state index contributed by atoms with van der Waals surface area (Å²) >= 11 is 6.23. The molecule has 33 heavy (non-hydrogen) atoms. The molecule has 2 heterocycles. The van der Waals surface area contributed by atoms with E-state index in [1.165, 1.54) is 10.6 Å². The van der Waals surface area contributed by atoms with Crippen LogP contribution >= 0.6 is 11.6 Å². The average Bonchev–Trinajstić information content (AvgIpc) is 3.18. The molecule has 2 aromatic carbocycles. The van der Waals surface area contributed by atoms with Crippen LogP contribution in [0.2, 0.25) is 5.02 Å². The molecule has 168 valence electrons. The topological polar surface area (TPSA) is 106 Å². The number of nitriles is 1. The van der Waals surface area contributed by atoms with Crippen LogP contribution < -0.4 is 16.0 Å². The summed E-state index contributed by atoms with van der Waals surface area (Å²) in [6.45, 7) is 2.93. The summed E-state index contributed by atoms with van der Waals surface area (Å²) in [7, 11) is 0. The highest BCUT2D eigenvalue weighted by Gasteiger charge is 2.19. The minimum absolute atomic E-state index is 0.0446. The Morgan fingerprint density at radius 1 is 1.15 bits per heavy atom. The van der Waals surface area contributed by atoms with Gasteiger partial charge >= 0.3 is 5.69 Å². The van der Waals surface area contributed by atoms with Gasteiger partial charge in [-0.15, -0.1) is 0 Å². The second kappa shape index (κ2) is 9.76. The Labute approximate surface area is 194 Å². The molecular weight excluding hydrogens is 442 g/mol. The molecule has 2 aromatic heterocycles. The number of aryl methyl sites for hydroxylation is 1. The molecule has 8 nitrogen and oxygen atoms in total. The molecule has 0 unspecified atom stereocenters. The van der Waals surface area contributed by atoms with Crippen molar-refractivity contribution in [1.29, 1.82) is 5.26 Å². The van der Waals surface area contributed by atoms with Crippen LogP contribution in [0.3, 0.4) is 0 Å². The predicted molar refractivity (Wildman–Crippen MR) is 126 cm³/mol. The van der Waals surface area contributed by atoms with Crippen LogP contribution in [0.25, 0.3) is 11.2 Å². The molecule has 0 spiro atoms. The Kier molecular flexibility index (Phi) is 6.61. The number of fused-ring (bicyclic) bond motifs is 1. The lowest BCUT2D eigenvalue weighted by Gasteiger charge is -2.11. The number of benzene rings is 2. The smallest absolute Gasteiger partial charge is 0.330 e. The van der Waals surface area contributed by atoms with Crippen molar-refractivity contribution in [3.8, 4) is 11.8 Å². The predicted octanol–water partition coefficient (Wildman–Crippen LogP) is 3.84. The monoisotopic (exact) mass is 463 g/mol. The van der Waals surface area contributed by atoms with E-state index >= 15 is 0 Å². The second-order valence-corrected chi connectivity index (χ2v) is 7.99. The number of H-pyrrole nitrogens is 1. The lowest BCUT2D eigenvalue weighted by molar-refractivity contribution is 0.289. The minimum atomic E-state index is -0.515. The van der Waals surface area contributed by atoms with Gasteiger partial charge in [0.15, 0.2) is 11.2 Å². The van der Waals surface area contributed by atoms with Crippen LogP contribution in [0.15, 0.2) is 58.1 Å². The van der Waals surface area contributed by atoms with Gasteiger partial charge in [-0.1, -0.05) is 55.3 Å². The average molecular weight is 464 g/mol. The molecule has 0 fully saturated rings. The Bertz CT molecular complexity index is 1450. The van der Waals surface area contributed by atoms with Crippen LogP contribution in [0.4, 0.5) is 0 Å². The molecule has 0 radical (unpaired) electrons. The van der Waals surface area contributed by atoms with Gasteiger partial charge in [0.2, 0.25) is 0 Å². The highest BCUT2D eigenvalue weighted by Crippen LogP contribution is 2.26. The van der Waals surface area contributed by atoms with E-state index in [4.69, 9.17) is 21.6 Å². The number of rotatable bonds is 8. The Balaban J connectivity index is 1.77. The third kappa shape index (κ3) is 4.69. The number of hydrogen-bond donors (Lipinski definition) is 1. The Morgan fingerprint density at radius 3 is 2.64 bits per heavy atom. The largest absolute Gasteiger partial charge is 0.484 e. The van der Waals surface area contributed by atoms with Gasteiger partial charge in [0.1, 0.15) is 18.2 Å². The van der Waals surface area contributed by atoms with Crippen molar-refractivity contribution in [1.82, 2.24) is 19.1 Å². The van der Waals surface area contributed by atoms with Crippen molar-refractivity contribution in [2.45, 2.75) is 39.5 Å². The molecular formula is C24H22ClN5O3. The van der Waals surface area contributed by atoms with E-state index in [1.807, 2.05) is 36.4 Å². The second-order valence-electron chi connectivity index (χ2n) is 7.58.